The fourth-order valence-corrected chi connectivity index (χ4v) is 4.45. The first-order valence-electron chi connectivity index (χ1n) is 9.18. The summed E-state index contributed by atoms with van der Waals surface area (Å²) >= 11 is 1.46. The molecule has 1 amide bonds. The van der Waals surface area contributed by atoms with Gasteiger partial charge in [-0.3, -0.25) is 19.4 Å². The molecule has 2 aromatic rings. The summed E-state index contributed by atoms with van der Waals surface area (Å²) in [5, 5.41) is 5.66. The van der Waals surface area contributed by atoms with E-state index in [4.69, 9.17) is 4.74 Å². The van der Waals surface area contributed by atoms with Gasteiger partial charge in [0.15, 0.2) is 0 Å². The number of rotatable bonds is 7. The molecule has 1 atom stereocenters. The van der Waals surface area contributed by atoms with Crippen LogP contribution in [0.15, 0.2) is 41.7 Å². The van der Waals surface area contributed by atoms with Crippen LogP contribution in [0.2, 0.25) is 0 Å². The fraction of sp³-hybridized carbons (Fsp3) is 0.400. The number of amides is 1. The van der Waals surface area contributed by atoms with E-state index in [-0.39, 0.29) is 22.8 Å². The number of fused-ring (bicyclic) bond motifs is 1. The van der Waals surface area contributed by atoms with Crippen molar-refractivity contribution in [2.75, 3.05) is 17.7 Å². The van der Waals surface area contributed by atoms with E-state index in [1.165, 1.54) is 11.8 Å². The molecule has 0 radical (unpaired) electrons. The lowest BCUT2D eigenvalue weighted by molar-refractivity contribution is -0.113. The summed E-state index contributed by atoms with van der Waals surface area (Å²) in [6.45, 7) is 8.23. The molecular weight excluding hydrogens is 362 g/mol. The summed E-state index contributed by atoms with van der Waals surface area (Å²) in [6, 6.07) is 7.80. The van der Waals surface area contributed by atoms with E-state index in [9.17, 15) is 9.59 Å². The zero-order valence-electron chi connectivity index (χ0n) is 15.7. The van der Waals surface area contributed by atoms with Crippen LogP contribution in [0.5, 0.6) is 5.75 Å². The lowest BCUT2D eigenvalue weighted by Crippen LogP contribution is -2.19. The SMILES string of the molecule is C=CCOc1ccc([C@H]2SCC(=O)Nc3c2c(=O)[nH]n3C(CC)CC)cc1. The van der Waals surface area contributed by atoms with Crippen molar-refractivity contribution in [3.8, 4) is 5.75 Å². The second-order valence-corrected chi connectivity index (χ2v) is 7.54. The number of H-pyrrole nitrogens is 1. The predicted molar refractivity (Wildman–Crippen MR) is 110 cm³/mol. The van der Waals surface area contributed by atoms with Gasteiger partial charge in [-0.25, -0.2) is 0 Å². The zero-order valence-corrected chi connectivity index (χ0v) is 16.5. The maximum Gasteiger partial charge on any atom is 0.270 e. The van der Waals surface area contributed by atoms with E-state index < -0.39 is 0 Å². The molecule has 0 aliphatic carbocycles. The number of carbonyl (C=O) groups is 1. The Kier molecular flexibility index (Phi) is 6.11. The van der Waals surface area contributed by atoms with Gasteiger partial charge in [-0.2, -0.15) is 0 Å². The number of hydrogen-bond acceptors (Lipinski definition) is 4. The van der Waals surface area contributed by atoms with Crippen molar-refractivity contribution in [2.45, 2.75) is 38.0 Å². The van der Waals surface area contributed by atoms with Gasteiger partial charge in [-0.1, -0.05) is 38.6 Å². The first kappa shape index (κ1) is 19.4. The average molecular weight is 388 g/mol. The Morgan fingerprint density at radius 3 is 2.63 bits per heavy atom. The normalized spacial score (nSPS) is 16.6. The Bertz CT molecular complexity index is 866. The molecule has 1 aromatic heterocycles. The molecule has 0 bridgehead atoms. The molecule has 1 aromatic carbocycles. The van der Waals surface area contributed by atoms with Crippen LogP contribution in [0.3, 0.4) is 0 Å². The number of thioether (sulfide) groups is 1. The first-order chi connectivity index (χ1) is 13.1. The van der Waals surface area contributed by atoms with Gasteiger partial charge in [-0.15, -0.1) is 11.8 Å². The number of aromatic nitrogens is 2. The number of hydrogen-bond donors (Lipinski definition) is 2. The molecule has 0 unspecified atom stereocenters. The summed E-state index contributed by atoms with van der Waals surface area (Å²) in [5.74, 6) is 1.56. The van der Waals surface area contributed by atoms with Crippen LogP contribution in [0.4, 0.5) is 5.82 Å². The third-order valence-corrected chi connectivity index (χ3v) is 5.99. The number of aromatic amines is 1. The minimum atomic E-state index is -0.216. The Morgan fingerprint density at radius 2 is 2.00 bits per heavy atom. The van der Waals surface area contributed by atoms with Crippen molar-refractivity contribution >= 4 is 23.5 Å². The maximum absolute atomic E-state index is 12.8. The van der Waals surface area contributed by atoms with E-state index >= 15 is 0 Å². The lowest BCUT2D eigenvalue weighted by Gasteiger charge is -2.18. The minimum Gasteiger partial charge on any atom is -0.490 e. The molecule has 2 heterocycles. The van der Waals surface area contributed by atoms with Crippen LogP contribution in [-0.4, -0.2) is 28.0 Å². The van der Waals surface area contributed by atoms with Crippen molar-refractivity contribution in [1.29, 1.82) is 0 Å². The van der Waals surface area contributed by atoms with E-state index in [0.29, 0.717) is 23.7 Å². The van der Waals surface area contributed by atoms with Crippen LogP contribution in [0, 0.1) is 0 Å². The third kappa shape index (κ3) is 3.98. The summed E-state index contributed by atoms with van der Waals surface area (Å²) in [7, 11) is 0. The van der Waals surface area contributed by atoms with Gasteiger partial charge in [0.25, 0.3) is 5.56 Å². The number of benzene rings is 1. The van der Waals surface area contributed by atoms with Crippen molar-refractivity contribution in [1.82, 2.24) is 9.78 Å². The molecule has 1 aliphatic heterocycles. The highest BCUT2D eigenvalue weighted by atomic mass is 32.2. The summed E-state index contributed by atoms with van der Waals surface area (Å²) in [4.78, 5) is 25.1. The monoisotopic (exact) mass is 387 g/mol. The van der Waals surface area contributed by atoms with Crippen LogP contribution in [0.1, 0.15) is 49.1 Å². The van der Waals surface area contributed by atoms with Crippen LogP contribution in [-0.2, 0) is 4.79 Å². The highest BCUT2D eigenvalue weighted by molar-refractivity contribution is 8.00. The quantitative estimate of drug-likeness (QED) is 0.707. The maximum atomic E-state index is 12.8. The summed E-state index contributed by atoms with van der Waals surface area (Å²) in [6.07, 6.45) is 3.44. The highest BCUT2D eigenvalue weighted by Crippen LogP contribution is 2.41. The molecule has 6 nitrogen and oxygen atoms in total. The second kappa shape index (κ2) is 8.52. The number of nitrogens with one attached hydrogen (secondary N) is 2. The molecule has 27 heavy (non-hydrogen) atoms. The highest BCUT2D eigenvalue weighted by Gasteiger charge is 2.31. The summed E-state index contributed by atoms with van der Waals surface area (Å²) in [5.41, 5.74) is 1.43. The Hall–Kier alpha value is -2.41. The molecule has 0 spiro atoms. The fourth-order valence-electron chi connectivity index (χ4n) is 3.33. The first-order valence-corrected chi connectivity index (χ1v) is 10.2. The molecule has 2 N–H and O–H groups in total. The van der Waals surface area contributed by atoms with Gasteiger partial charge < -0.3 is 10.1 Å². The predicted octanol–water partition coefficient (Wildman–Crippen LogP) is 3.88. The van der Waals surface area contributed by atoms with Gasteiger partial charge in [0.1, 0.15) is 18.2 Å². The van der Waals surface area contributed by atoms with E-state index in [2.05, 4.69) is 30.8 Å². The number of ether oxygens (including phenoxy) is 1. The zero-order chi connectivity index (χ0) is 19.4. The smallest absolute Gasteiger partial charge is 0.270 e. The van der Waals surface area contributed by atoms with Gasteiger partial charge in [0.2, 0.25) is 5.91 Å². The van der Waals surface area contributed by atoms with E-state index in [1.807, 2.05) is 28.9 Å². The number of carbonyl (C=O) groups excluding carboxylic acids is 1. The van der Waals surface area contributed by atoms with Gasteiger partial charge >= 0.3 is 0 Å². The van der Waals surface area contributed by atoms with Gasteiger partial charge in [0, 0.05) is 0 Å². The second-order valence-electron chi connectivity index (χ2n) is 6.45. The molecule has 1 aliphatic rings. The van der Waals surface area contributed by atoms with Crippen LogP contribution >= 0.6 is 11.8 Å². The molecule has 7 heteroatoms. The standard InChI is InChI=1S/C20H25N3O3S/c1-4-11-26-15-9-7-13(8-10-15)18-17-19(21-16(24)12-27-18)23(22-20(17)25)14(5-2)6-3/h4,7-10,14,18H,1,5-6,11-12H2,2-3H3,(H,21,24)(H,22,25)/t18-/m1/s1. The Labute approximate surface area is 163 Å². The molecular formula is C20H25N3O3S. The van der Waals surface area contributed by atoms with Crippen LogP contribution in [0.25, 0.3) is 0 Å². The molecule has 0 fully saturated rings. The topological polar surface area (TPSA) is 76.1 Å². The van der Waals surface area contributed by atoms with Crippen LogP contribution < -0.4 is 15.6 Å². The Balaban J connectivity index is 2.02. The van der Waals surface area contributed by atoms with Crippen molar-refractivity contribution in [3.63, 3.8) is 0 Å². The van der Waals surface area contributed by atoms with E-state index in [0.717, 1.165) is 24.2 Å². The minimum absolute atomic E-state index is 0.0895. The van der Waals surface area contributed by atoms with Gasteiger partial charge in [0.05, 0.1) is 22.6 Å². The molecule has 3 rings (SSSR count). The van der Waals surface area contributed by atoms with Crippen molar-refractivity contribution in [3.05, 3.63) is 58.4 Å². The lowest BCUT2D eigenvalue weighted by atomic mass is 10.1. The molecule has 144 valence electrons. The summed E-state index contributed by atoms with van der Waals surface area (Å²) < 4.78 is 7.36. The van der Waals surface area contributed by atoms with Crippen molar-refractivity contribution in [2.24, 2.45) is 0 Å². The molecule has 0 saturated heterocycles. The third-order valence-electron chi connectivity index (χ3n) is 4.72. The largest absolute Gasteiger partial charge is 0.490 e. The molecule has 0 saturated carbocycles. The van der Waals surface area contributed by atoms with E-state index in [1.54, 1.807) is 6.08 Å². The van der Waals surface area contributed by atoms with Gasteiger partial charge in [-0.05, 0) is 30.5 Å². The number of nitrogens with zero attached hydrogens (tertiary/aromatic N) is 1. The Morgan fingerprint density at radius 1 is 1.30 bits per heavy atom. The average Bonchev–Trinajstić information content (AvgIpc) is 2.87. The number of anilines is 1. The van der Waals surface area contributed by atoms with Crippen molar-refractivity contribution < 1.29 is 9.53 Å².